The Bertz CT molecular complexity index is 516. The lowest BCUT2D eigenvalue weighted by atomic mass is 10.1. The lowest BCUT2D eigenvalue weighted by Crippen LogP contribution is -2.40. The second-order valence-corrected chi connectivity index (χ2v) is 5.64. The average Bonchev–Trinajstić information content (AvgIpc) is 3.16. The highest BCUT2D eigenvalue weighted by Gasteiger charge is 2.36. The van der Waals surface area contributed by atoms with E-state index < -0.39 is 11.6 Å². The summed E-state index contributed by atoms with van der Waals surface area (Å²) in [6.07, 6.45) is 3.57. The van der Waals surface area contributed by atoms with Crippen molar-refractivity contribution in [1.29, 1.82) is 0 Å². The molecule has 0 bridgehead atoms. The molecule has 0 spiro atoms. The van der Waals surface area contributed by atoms with Gasteiger partial charge in [0.25, 0.3) is 0 Å². The first kappa shape index (κ1) is 15.7. The van der Waals surface area contributed by atoms with E-state index in [0.717, 1.165) is 12.5 Å². The van der Waals surface area contributed by atoms with Crippen LogP contribution in [0.3, 0.4) is 0 Å². The Morgan fingerprint density at radius 2 is 2.19 bits per heavy atom. The number of nitrogens with one attached hydrogen (secondary N) is 2. The van der Waals surface area contributed by atoms with Crippen molar-refractivity contribution < 1.29 is 8.78 Å². The zero-order valence-electron chi connectivity index (χ0n) is 12.8. The molecular weight excluding hydrogens is 272 g/mol. The fourth-order valence-corrected chi connectivity index (χ4v) is 2.60. The molecule has 1 aliphatic rings. The van der Waals surface area contributed by atoms with E-state index in [9.17, 15) is 8.78 Å². The summed E-state index contributed by atoms with van der Waals surface area (Å²) < 4.78 is 26.7. The predicted octanol–water partition coefficient (Wildman–Crippen LogP) is 3.38. The van der Waals surface area contributed by atoms with Gasteiger partial charge < -0.3 is 10.6 Å². The highest BCUT2D eigenvalue weighted by Crippen LogP contribution is 2.34. The third kappa shape index (κ3) is 4.16. The van der Waals surface area contributed by atoms with Gasteiger partial charge >= 0.3 is 0 Å². The normalized spacial score (nSPS) is 22.8. The van der Waals surface area contributed by atoms with Crippen LogP contribution in [0.4, 0.5) is 8.78 Å². The molecule has 0 heterocycles. The van der Waals surface area contributed by atoms with Crippen LogP contribution in [0.2, 0.25) is 0 Å². The van der Waals surface area contributed by atoms with Gasteiger partial charge in [0, 0.05) is 24.7 Å². The second-order valence-electron chi connectivity index (χ2n) is 5.64. The summed E-state index contributed by atoms with van der Waals surface area (Å²) in [6, 6.07) is 3.82. The SMILES string of the molecule is CCCC1CC1NC(=NC)NC(C)c1ccc(F)cc1F. The molecule has 0 radical (unpaired) electrons. The number of aliphatic imine (C=N–C) groups is 1. The minimum absolute atomic E-state index is 0.278. The van der Waals surface area contributed by atoms with Crippen LogP contribution in [0.5, 0.6) is 0 Å². The Morgan fingerprint density at radius 1 is 1.43 bits per heavy atom. The van der Waals surface area contributed by atoms with Crippen LogP contribution in [0.25, 0.3) is 0 Å². The average molecular weight is 295 g/mol. The van der Waals surface area contributed by atoms with E-state index in [4.69, 9.17) is 0 Å². The predicted molar refractivity (Wildman–Crippen MR) is 81.2 cm³/mol. The summed E-state index contributed by atoms with van der Waals surface area (Å²) in [5.74, 6) is 0.272. The van der Waals surface area contributed by atoms with Crippen LogP contribution in [0, 0.1) is 17.6 Å². The Hall–Kier alpha value is -1.65. The van der Waals surface area contributed by atoms with Crippen molar-refractivity contribution in [3.05, 3.63) is 35.4 Å². The van der Waals surface area contributed by atoms with Gasteiger partial charge in [-0.3, -0.25) is 4.99 Å². The third-order valence-electron chi connectivity index (χ3n) is 3.91. The summed E-state index contributed by atoms with van der Waals surface area (Å²) >= 11 is 0. The molecule has 0 aromatic heterocycles. The van der Waals surface area contributed by atoms with E-state index in [1.54, 1.807) is 7.05 Å². The van der Waals surface area contributed by atoms with E-state index in [-0.39, 0.29) is 6.04 Å². The monoisotopic (exact) mass is 295 g/mol. The van der Waals surface area contributed by atoms with Crippen molar-refractivity contribution in [2.75, 3.05) is 7.05 Å². The Balaban J connectivity index is 1.92. The summed E-state index contributed by atoms with van der Waals surface area (Å²) in [5, 5.41) is 6.50. The molecule has 0 amide bonds. The van der Waals surface area contributed by atoms with Crippen molar-refractivity contribution >= 4 is 5.96 Å². The largest absolute Gasteiger partial charge is 0.353 e. The van der Waals surface area contributed by atoms with Crippen LogP contribution in [0.15, 0.2) is 23.2 Å². The smallest absolute Gasteiger partial charge is 0.191 e. The molecule has 21 heavy (non-hydrogen) atoms. The van der Waals surface area contributed by atoms with Crippen LogP contribution in [-0.2, 0) is 0 Å². The quantitative estimate of drug-likeness (QED) is 0.645. The first-order valence-electron chi connectivity index (χ1n) is 7.50. The van der Waals surface area contributed by atoms with Gasteiger partial charge in [-0.2, -0.15) is 0 Å². The fraction of sp³-hybridized carbons (Fsp3) is 0.562. The molecule has 116 valence electrons. The lowest BCUT2D eigenvalue weighted by Gasteiger charge is -2.19. The van der Waals surface area contributed by atoms with Crippen molar-refractivity contribution in [1.82, 2.24) is 10.6 Å². The molecule has 2 rings (SSSR count). The van der Waals surface area contributed by atoms with E-state index in [0.29, 0.717) is 23.5 Å². The molecule has 2 N–H and O–H groups in total. The topological polar surface area (TPSA) is 36.4 Å². The first-order chi connectivity index (χ1) is 10.0. The zero-order chi connectivity index (χ0) is 15.4. The van der Waals surface area contributed by atoms with Crippen LogP contribution < -0.4 is 10.6 Å². The number of rotatable bonds is 5. The lowest BCUT2D eigenvalue weighted by molar-refractivity contribution is 0.550. The van der Waals surface area contributed by atoms with Crippen LogP contribution in [-0.4, -0.2) is 19.0 Å². The summed E-state index contributed by atoms with van der Waals surface area (Å²) in [7, 11) is 1.69. The summed E-state index contributed by atoms with van der Waals surface area (Å²) in [6.45, 7) is 4.02. The number of hydrogen-bond donors (Lipinski definition) is 2. The molecule has 3 nitrogen and oxygen atoms in total. The van der Waals surface area contributed by atoms with Gasteiger partial charge in [-0.05, 0) is 31.7 Å². The summed E-state index contributed by atoms with van der Waals surface area (Å²) in [4.78, 5) is 4.17. The Kier molecular flexibility index (Phi) is 5.15. The first-order valence-corrected chi connectivity index (χ1v) is 7.50. The van der Waals surface area contributed by atoms with Crippen LogP contribution in [0.1, 0.15) is 44.7 Å². The van der Waals surface area contributed by atoms with Gasteiger partial charge in [0.15, 0.2) is 5.96 Å². The van der Waals surface area contributed by atoms with Crippen LogP contribution >= 0.6 is 0 Å². The number of guanidine groups is 1. The molecular formula is C16H23F2N3. The molecule has 0 aliphatic heterocycles. The molecule has 1 saturated carbocycles. The van der Waals surface area contributed by atoms with Gasteiger partial charge in [0.05, 0.1) is 6.04 Å². The minimum Gasteiger partial charge on any atom is -0.353 e. The van der Waals surface area contributed by atoms with Crippen molar-refractivity contribution in [2.45, 2.75) is 45.2 Å². The maximum absolute atomic E-state index is 13.8. The number of hydrogen-bond acceptors (Lipinski definition) is 1. The molecule has 5 heteroatoms. The number of benzene rings is 1. The van der Waals surface area contributed by atoms with E-state index in [1.807, 2.05) is 6.92 Å². The molecule has 1 fully saturated rings. The minimum atomic E-state index is -0.564. The molecule has 1 aromatic rings. The second kappa shape index (κ2) is 6.87. The molecule has 1 aromatic carbocycles. The highest BCUT2D eigenvalue weighted by molar-refractivity contribution is 5.80. The summed E-state index contributed by atoms with van der Waals surface area (Å²) in [5.41, 5.74) is 0.431. The molecule has 3 atom stereocenters. The van der Waals surface area contributed by atoms with Gasteiger partial charge in [-0.15, -0.1) is 0 Å². The van der Waals surface area contributed by atoms with Crippen molar-refractivity contribution in [3.8, 4) is 0 Å². The highest BCUT2D eigenvalue weighted by atomic mass is 19.1. The van der Waals surface area contributed by atoms with Gasteiger partial charge in [-0.25, -0.2) is 8.78 Å². The van der Waals surface area contributed by atoms with Crippen molar-refractivity contribution in [2.24, 2.45) is 10.9 Å². The van der Waals surface area contributed by atoms with E-state index in [1.165, 1.54) is 25.0 Å². The Morgan fingerprint density at radius 3 is 2.81 bits per heavy atom. The molecule has 3 unspecified atom stereocenters. The Labute approximate surface area is 124 Å². The number of halogens is 2. The van der Waals surface area contributed by atoms with Gasteiger partial charge in [0.1, 0.15) is 11.6 Å². The molecule has 1 aliphatic carbocycles. The fourth-order valence-electron chi connectivity index (χ4n) is 2.60. The third-order valence-corrected chi connectivity index (χ3v) is 3.91. The maximum Gasteiger partial charge on any atom is 0.191 e. The van der Waals surface area contributed by atoms with E-state index >= 15 is 0 Å². The maximum atomic E-state index is 13.8. The standard InChI is InChI=1S/C16H23F2N3/c1-4-5-11-8-15(11)21-16(19-3)20-10(2)13-7-6-12(17)9-14(13)18/h6-7,9-11,15H,4-5,8H2,1-3H3,(H2,19,20,21). The van der Waals surface area contributed by atoms with Crippen molar-refractivity contribution in [3.63, 3.8) is 0 Å². The molecule has 0 saturated heterocycles. The number of nitrogens with zero attached hydrogens (tertiary/aromatic N) is 1. The zero-order valence-corrected chi connectivity index (χ0v) is 12.8. The van der Waals surface area contributed by atoms with E-state index in [2.05, 4.69) is 22.5 Å². The van der Waals surface area contributed by atoms with Gasteiger partial charge in [0.2, 0.25) is 0 Å². The van der Waals surface area contributed by atoms with Gasteiger partial charge in [-0.1, -0.05) is 19.4 Å².